The number of fused-ring (bicyclic) bond motifs is 1. The molecule has 0 spiro atoms. The Bertz CT molecular complexity index is 295. The quantitative estimate of drug-likeness (QED) is 0.720. The average molecular weight is 238 g/mol. The Morgan fingerprint density at radius 2 is 2.19 bits per heavy atom. The van der Waals surface area contributed by atoms with Crippen molar-refractivity contribution >= 4 is 5.91 Å². The first-order valence-electron chi connectivity index (χ1n) is 5.12. The van der Waals surface area contributed by atoms with E-state index in [9.17, 15) is 18.0 Å². The first kappa shape index (κ1) is 11.7. The van der Waals surface area contributed by atoms with Gasteiger partial charge in [-0.3, -0.25) is 4.79 Å². The molecule has 7 heteroatoms. The largest absolute Gasteiger partial charge is 0.397 e. The van der Waals surface area contributed by atoms with Crippen LogP contribution in [0.1, 0.15) is 12.8 Å². The Labute approximate surface area is 90.3 Å². The van der Waals surface area contributed by atoms with E-state index in [1.165, 1.54) is 0 Å². The van der Waals surface area contributed by atoms with Gasteiger partial charge in [-0.25, -0.2) is 0 Å². The van der Waals surface area contributed by atoms with Crippen LogP contribution < -0.4 is 11.1 Å². The minimum absolute atomic E-state index is 0.177. The fraction of sp³-hybridized carbons (Fsp3) is 0.889. The zero-order valence-corrected chi connectivity index (χ0v) is 8.46. The second kappa shape index (κ2) is 3.89. The maximum absolute atomic E-state index is 11.9. The monoisotopic (exact) mass is 238 g/mol. The van der Waals surface area contributed by atoms with Gasteiger partial charge in [-0.15, -0.1) is 0 Å². The summed E-state index contributed by atoms with van der Waals surface area (Å²) in [6, 6.07) is -0.757. The topological polar surface area (TPSA) is 64.3 Å². The number of carbonyl (C=O) groups is 1. The summed E-state index contributed by atoms with van der Waals surface area (Å²) < 4.78 is 41.1. The summed E-state index contributed by atoms with van der Waals surface area (Å²) in [7, 11) is 0. The van der Waals surface area contributed by atoms with Crippen LogP contribution in [0.2, 0.25) is 0 Å². The lowest BCUT2D eigenvalue weighted by atomic mass is 9.72. The molecule has 0 bridgehead atoms. The van der Waals surface area contributed by atoms with E-state index < -0.39 is 24.5 Å². The van der Waals surface area contributed by atoms with E-state index in [-0.39, 0.29) is 18.1 Å². The summed E-state index contributed by atoms with van der Waals surface area (Å²) in [5.74, 6) is -0.863. The molecule has 0 radical (unpaired) electrons. The van der Waals surface area contributed by atoms with E-state index in [1.54, 1.807) is 0 Å². The van der Waals surface area contributed by atoms with Crippen molar-refractivity contribution in [2.45, 2.75) is 37.2 Å². The molecule has 1 aliphatic heterocycles. The first-order valence-corrected chi connectivity index (χ1v) is 5.12. The number of nitrogens with two attached hydrogens (primary N) is 1. The number of rotatable bonds is 2. The smallest absolute Gasteiger partial charge is 0.376 e. The van der Waals surface area contributed by atoms with Gasteiger partial charge < -0.3 is 15.8 Å². The predicted octanol–water partition coefficient (Wildman–Crippen LogP) is 0.170. The van der Waals surface area contributed by atoms with Crippen LogP contribution in [0.4, 0.5) is 13.2 Å². The number of nitrogens with one attached hydrogen (secondary N) is 1. The SMILES string of the molecule is NC1C2CCOC2C1NC(=O)CC(F)(F)F. The molecule has 2 rings (SSSR count). The van der Waals surface area contributed by atoms with Crippen molar-refractivity contribution in [2.75, 3.05) is 6.61 Å². The molecule has 0 aromatic carbocycles. The highest BCUT2D eigenvalue weighted by Crippen LogP contribution is 2.37. The van der Waals surface area contributed by atoms with Gasteiger partial charge in [-0.05, 0) is 6.42 Å². The van der Waals surface area contributed by atoms with Crippen LogP contribution in [-0.2, 0) is 9.53 Å². The van der Waals surface area contributed by atoms with Crippen molar-refractivity contribution < 1.29 is 22.7 Å². The fourth-order valence-electron chi connectivity index (χ4n) is 2.35. The van der Waals surface area contributed by atoms with E-state index in [4.69, 9.17) is 10.5 Å². The zero-order chi connectivity index (χ0) is 11.9. The highest BCUT2D eigenvalue weighted by molar-refractivity contribution is 5.77. The lowest BCUT2D eigenvalue weighted by Gasteiger charge is -2.45. The third-order valence-electron chi connectivity index (χ3n) is 3.14. The van der Waals surface area contributed by atoms with Crippen LogP contribution in [0.25, 0.3) is 0 Å². The number of halogens is 3. The van der Waals surface area contributed by atoms with E-state index in [0.717, 1.165) is 6.42 Å². The molecule has 1 saturated heterocycles. The Hall–Kier alpha value is -0.820. The van der Waals surface area contributed by atoms with Gasteiger partial charge in [0.1, 0.15) is 6.42 Å². The van der Waals surface area contributed by atoms with Gasteiger partial charge in [0.15, 0.2) is 0 Å². The number of carbonyl (C=O) groups excluding carboxylic acids is 1. The molecule has 1 heterocycles. The van der Waals surface area contributed by atoms with E-state index in [0.29, 0.717) is 6.61 Å². The molecule has 4 atom stereocenters. The summed E-state index contributed by atoms with van der Waals surface area (Å²) in [5, 5.41) is 2.29. The van der Waals surface area contributed by atoms with Crippen molar-refractivity contribution in [3.63, 3.8) is 0 Å². The van der Waals surface area contributed by atoms with Crippen LogP contribution in [0, 0.1) is 5.92 Å². The summed E-state index contributed by atoms with van der Waals surface area (Å²) in [4.78, 5) is 11.1. The van der Waals surface area contributed by atoms with Crippen molar-refractivity contribution in [1.82, 2.24) is 5.32 Å². The molecular formula is C9H13F3N2O2. The Balaban J connectivity index is 1.84. The molecule has 4 unspecified atom stereocenters. The summed E-state index contributed by atoms with van der Waals surface area (Å²) >= 11 is 0. The average Bonchev–Trinajstić information content (AvgIpc) is 2.55. The van der Waals surface area contributed by atoms with Crippen molar-refractivity contribution in [2.24, 2.45) is 11.7 Å². The van der Waals surface area contributed by atoms with Crippen LogP contribution >= 0.6 is 0 Å². The number of ether oxygens (including phenoxy) is 1. The molecule has 1 saturated carbocycles. The Morgan fingerprint density at radius 3 is 2.81 bits per heavy atom. The molecule has 1 amide bonds. The van der Waals surface area contributed by atoms with E-state index >= 15 is 0 Å². The maximum Gasteiger partial charge on any atom is 0.397 e. The Kier molecular flexibility index (Phi) is 2.83. The summed E-state index contributed by atoms with van der Waals surface area (Å²) in [6.45, 7) is 0.564. The number of hydrogen-bond donors (Lipinski definition) is 2. The Morgan fingerprint density at radius 1 is 1.50 bits per heavy atom. The van der Waals surface area contributed by atoms with Gasteiger partial charge in [-0.2, -0.15) is 13.2 Å². The van der Waals surface area contributed by atoms with Gasteiger partial charge in [0.2, 0.25) is 5.91 Å². The minimum Gasteiger partial charge on any atom is -0.376 e. The van der Waals surface area contributed by atoms with Crippen LogP contribution in [0.3, 0.4) is 0 Å². The molecule has 4 nitrogen and oxygen atoms in total. The highest BCUT2D eigenvalue weighted by Gasteiger charge is 2.53. The van der Waals surface area contributed by atoms with Gasteiger partial charge in [0.05, 0.1) is 12.1 Å². The number of amides is 1. The zero-order valence-electron chi connectivity index (χ0n) is 8.46. The molecule has 92 valence electrons. The third kappa shape index (κ3) is 2.15. The molecular weight excluding hydrogens is 225 g/mol. The predicted molar refractivity (Wildman–Crippen MR) is 48.4 cm³/mol. The van der Waals surface area contributed by atoms with Gasteiger partial charge in [0, 0.05) is 18.6 Å². The molecule has 16 heavy (non-hydrogen) atoms. The lowest BCUT2D eigenvalue weighted by Crippen LogP contribution is -2.69. The van der Waals surface area contributed by atoms with Gasteiger partial charge >= 0.3 is 6.18 Å². The van der Waals surface area contributed by atoms with Gasteiger partial charge in [0.25, 0.3) is 0 Å². The number of hydrogen-bond acceptors (Lipinski definition) is 3. The molecule has 2 aliphatic rings. The maximum atomic E-state index is 11.9. The molecule has 3 N–H and O–H groups in total. The van der Waals surface area contributed by atoms with Crippen molar-refractivity contribution in [1.29, 1.82) is 0 Å². The summed E-state index contributed by atoms with van der Waals surface area (Å²) in [6.07, 6.45) is -5.33. The van der Waals surface area contributed by atoms with Crippen molar-refractivity contribution in [3.8, 4) is 0 Å². The summed E-state index contributed by atoms with van der Waals surface area (Å²) in [5.41, 5.74) is 5.74. The lowest BCUT2D eigenvalue weighted by molar-refractivity contribution is -0.156. The molecule has 1 aliphatic carbocycles. The standard InChI is InChI=1S/C9H13F3N2O2/c10-9(11,12)3-5(15)14-7-6(13)4-1-2-16-8(4)7/h4,6-8H,1-3,13H2,(H,14,15). The highest BCUT2D eigenvalue weighted by atomic mass is 19.4. The van der Waals surface area contributed by atoms with Crippen LogP contribution in [0.15, 0.2) is 0 Å². The molecule has 2 fully saturated rings. The van der Waals surface area contributed by atoms with E-state index in [2.05, 4.69) is 5.32 Å². The first-order chi connectivity index (χ1) is 7.38. The molecule has 0 aromatic heterocycles. The second-order valence-corrected chi connectivity index (χ2v) is 4.25. The fourth-order valence-corrected chi connectivity index (χ4v) is 2.35. The van der Waals surface area contributed by atoms with Crippen LogP contribution in [-0.4, -0.2) is 36.9 Å². The van der Waals surface area contributed by atoms with Crippen LogP contribution in [0.5, 0.6) is 0 Å². The minimum atomic E-state index is -4.48. The van der Waals surface area contributed by atoms with Gasteiger partial charge in [-0.1, -0.05) is 0 Å². The second-order valence-electron chi connectivity index (χ2n) is 4.25. The third-order valence-corrected chi connectivity index (χ3v) is 3.14. The molecule has 0 aromatic rings. The number of alkyl halides is 3. The van der Waals surface area contributed by atoms with Crippen molar-refractivity contribution in [3.05, 3.63) is 0 Å². The van der Waals surface area contributed by atoms with E-state index in [1.807, 2.05) is 0 Å². The normalized spacial score (nSPS) is 37.8.